The standard InChI is InChI=1S/Cd.3Se.Si/q+2;3*-2;+4. The van der Waals surface area contributed by atoms with Gasteiger partial charge in [0.2, 0.25) is 0 Å². The van der Waals surface area contributed by atoms with Crippen LogP contribution in [0, 0.1) is 0 Å². The fraction of sp³-hybridized carbons (Fsp3) is 0. The van der Waals surface area contributed by atoms with E-state index in [1.807, 2.05) is 0 Å². The second kappa shape index (κ2) is 29.9. The van der Waals surface area contributed by atoms with Crippen molar-refractivity contribution in [2.24, 2.45) is 0 Å². The van der Waals surface area contributed by atoms with Crippen LogP contribution in [0.5, 0.6) is 0 Å². The molecule has 0 fully saturated rings. The van der Waals surface area contributed by atoms with Crippen molar-refractivity contribution in [1.82, 2.24) is 0 Å². The zero-order chi connectivity index (χ0) is 0. The van der Waals surface area contributed by atoms with Crippen LogP contribution < -0.4 is 0 Å². The van der Waals surface area contributed by atoms with E-state index in [-0.39, 0.29) is 89.5 Å². The van der Waals surface area contributed by atoms with Gasteiger partial charge in [0.15, 0.2) is 0 Å². The third-order valence-electron chi connectivity index (χ3n) is 0. The number of hydrogen-bond acceptors (Lipinski definition) is 0. The van der Waals surface area contributed by atoms with Crippen LogP contribution in [0.25, 0.3) is 0 Å². The van der Waals surface area contributed by atoms with Crippen LogP contribution in [-0.2, 0) is 27.3 Å². The smallest absolute Gasteiger partial charge is 2.00 e. The summed E-state index contributed by atoms with van der Waals surface area (Å²) in [5.74, 6) is 0. The molecule has 0 aromatic heterocycles. The molecule has 0 aliphatic heterocycles. The number of hydrogen-bond donors (Lipinski definition) is 0. The summed E-state index contributed by atoms with van der Waals surface area (Å²) < 4.78 is 0. The first-order chi connectivity index (χ1) is 0. The van der Waals surface area contributed by atoms with Crippen molar-refractivity contribution in [1.29, 1.82) is 0 Å². The normalized spacial score (nSPS) is 0. The molecule has 0 aromatic carbocycles. The molecular formula is CdSe3Si. The fourth-order valence-corrected chi connectivity index (χ4v) is 0. The molecule has 0 spiro atoms. The molecule has 24 valence electrons. The van der Waals surface area contributed by atoms with Gasteiger partial charge >= 0.3 is 38.3 Å². The van der Waals surface area contributed by atoms with E-state index < -0.39 is 0 Å². The average Bonchev–Trinajstić information content (AvgIpc) is 0. The molecule has 0 aromatic rings. The molecule has 0 saturated heterocycles. The summed E-state index contributed by atoms with van der Waals surface area (Å²) in [6.45, 7) is 0. The monoisotopic (exact) mass is 382 g/mol. The van der Waals surface area contributed by atoms with E-state index in [9.17, 15) is 0 Å². The zero-order valence-electron chi connectivity index (χ0n) is 2.43. The van der Waals surface area contributed by atoms with Crippen molar-refractivity contribution < 1.29 is 27.3 Å². The first-order valence-electron chi connectivity index (χ1n) is 0. The summed E-state index contributed by atoms with van der Waals surface area (Å²) in [5.41, 5.74) is 0. The molecule has 0 amide bonds. The first-order valence-corrected chi connectivity index (χ1v) is 0. The molecule has 0 nitrogen and oxygen atoms in total. The average molecular weight is 377 g/mol. The van der Waals surface area contributed by atoms with E-state index in [0.717, 1.165) is 0 Å². The van der Waals surface area contributed by atoms with Gasteiger partial charge in [-0.15, -0.1) is 0 Å². The van der Waals surface area contributed by atoms with Gasteiger partial charge in [-0.2, -0.15) is 0 Å². The maximum absolute atomic E-state index is 0. The van der Waals surface area contributed by atoms with E-state index in [2.05, 4.69) is 0 Å². The molecule has 0 atom stereocenters. The minimum atomic E-state index is 0. The van der Waals surface area contributed by atoms with Gasteiger partial charge in [0, 0.05) is 0 Å². The van der Waals surface area contributed by atoms with Gasteiger partial charge in [-0.3, -0.25) is 0 Å². The molecule has 0 radical (unpaired) electrons. The van der Waals surface area contributed by atoms with Gasteiger partial charge in [0.25, 0.3) is 0 Å². The SMILES string of the molecule is [Cd+2].[Se-2].[Se-2].[Se-2].[Si+4]. The van der Waals surface area contributed by atoms with Gasteiger partial charge in [-0.1, -0.05) is 0 Å². The molecule has 5 heteroatoms. The first kappa shape index (κ1) is 47.5. The molecule has 0 heterocycles. The third kappa shape index (κ3) is 20.3. The molecule has 0 aliphatic rings. The van der Waals surface area contributed by atoms with Crippen LogP contribution in [0.15, 0.2) is 0 Å². The van der Waals surface area contributed by atoms with Crippen molar-refractivity contribution in [2.75, 3.05) is 0 Å². The summed E-state index contributed by atoms with van der Waals surface area (Å²) in [7, 11) is 0. The molecule has 0 saturated carbocycles. The maximum Gasteiger partial charge on any atom is 4.00 e. The van der Waals surface area contributed by atoms with E-state index in [1.54, 1.807) is 0 Å². The molecule has 0 bridgehead atoms. The Hall–Kier alpha value is 2.70. The van der Waals surface area contributed by atoms with Crippen LogP contribution in [0.3, 0.4) is 0 Å². The summed E-state index contributed by atoms with van der Waals surface area (Å²) >= 11 is 0. The van der Waals surface area contributed by atoms with Gasteiger partial charge < -0.3 is 51.2 Å². The minimum Gasteiger partial charge on any atom is -2.00 e. The Morgan fingerprint density at radius 2 is 0.600 bits per heavy atom. The Morgan fingerprint density at radius 3 is 0.600 bits per heavy atom. The molecule has 0 rings (SSSR count). The molecule has 5 heavy (non-hydrogen) atoms. The van der Waals surface area contributed by atoms with E-state index in [4.69, 9.17) is 0 Å². The van der Waals surface area contributed by atoms with Crippen molar-refractivity contribution in [3.8, 4) is 0 Å². The fourth-order valence-electron chi connectivity index (χ4n) is 0. The van der Waals surface area contributed by atoms with E-state index >= 15 is 0 Å². The van der Waals surface area contributed by atoms with Crippen LogP contribution in [0.2, 0.25) is 0 Å². The Labute approximate surface area is 88.2 Å². The topological polar surface area (TPSA) is 0 Å². The quantitative estimate of drug-likeness (QED) is 0.450. The van der Waals surface area contributed by atoms with Gasteiger partial charge in [0.1, 0.15) is 0 Å². The zero-order valence-corrected chi connectivity index (χ0v) is 12.6. The molecule has 0 N–H and O–H groups in total. The Bertz CT molecular complexity index is 6.85. The van der Waals surface area contributed by atoms with Crippen LogP contribution >= 0.6 is 0 Å². The van der Waals surface area contributed by atoms with Crippen molar-refractivity contribution in [3.05, 3.63) is 0 Å². The number of rotatable bonds is 0. The van der Waals surface area contributed by atoms with Gasteiger partial charge in [0.05, 0.1) is 0 Å². The molecular weight excluding hydrogens is 377 g/mol. The van der Waals surface area contributed by atoms with Crippen LogP contribution in [0.4, 0.5) is 0 Å². The predicted molar refractivity (Wildman–Crippen MR) is 23.0 cm³/mol. The Kier molecular flexibility index (Phi) is 284. The third-order valence-corrected chi connectivity index (χ3v) is 0. The summed E-state index contributed by atoms with van der Waals surface area (Å²) in [4.78, 5) is 0. The maximum atomic E-state index is 0. The predicted octanol–water partition coefficient (Wildman–Crippen LogP) is -1.53. The molecule has 0 unspecified atom stereocenters. The summed E-state index contributed by atoms with van der Waals surface area (Å²) in [6, 6.07) is 0. The van der Waals surface area contributed by atoms with Crippen molar-refractivity contribution in [3.63, 3.8) is 0 Å². The second-order valence-electron chi connectivity index (χ2n) is 0. The van der Waals surface area contributed by atoms with Crippen LogP contribution in [-0.4, -0.2) is 62.2 Å². The van der Waals surface area contributed by atoms with Crippen LogP contribution in [0.1, 0.15) is 0 Å². The Morgan fingerprint density at radius 1 is 0.600 bits per heavy atom. The molecule has 0 aliphatic carbocycles. The van der Waals surface area contributed by atoms with E-state index in [0.29, 0.717) is 0 Å². The van der Waals surface area contributed by atoms with Gasteiger partial charge in [-0.05, 0) is 0 Å². The summed E-state index contributed by atoms with van der Waals surface area (Å²) in [6.07, 6.45) is 0. The minimum absolute atomic E-state index is 0. The van der Waals surface area contributed by atoms with E-state index in [1.165, 1.54) is 0 Å². The van der Waals surface area contributed by atoms with Crippen molar-refractivity contribution in [2.45, 2.75) is 0 Å². The summed E-state index contributed by atoms with van der Waals surface area (Å²) in [5, 5.41) is 0. The largest absolute Gasteiger partial charge is 4.00 e. The second-order valence-corrected chi connectivity index (χ2v) is 0. The van der Waals surface area contributed by atoms with Gasteiger partial charge in [-0.25, -0.2) is 0 Å². The van der Waals surface area contributed by atoms with Crippen molar-refractivity contribution >= 4 is 62.2 Å². The Balaban J connectivity index is 0.